The zero-order valence-electron chi connectivity index (χ0n) is 13.4. The first-order chi connectivity index (χ1) is 10.4. The Bertz CT molecular complexity index is 587. The highest BCUT2D eigenvalue weighted by Crippen LogP contribution is 2.25. The molecule has 1 aromatic rings. The first-order valence-electron chi connectivity index (χ1n) is 7.42. The summed E-state index contributed by atoms with van der Waals surface area (Å²) in [5.41, 5.74) is 3.03. The first-order valence-corrected chi connectivity index (χ1v) is 7.42. The summed E-state index contributed by atoms with van der Waals surface area (Å²) in [5, 5.41) is 3.08. The van der Waals surface area contributed by atoms with E-state index < -0.39 is 17.7 Å². The van der Waals surface area contributed by atoms with Crippen LogP contribution in [0.4, 0.5) is 5.69 Å². The Kier molecular flexibility index (Phi) is 4.54. The van der Waals surface area contributed by atoms with Crippen LogP contribution in [-0.4, -0.2) is 17.7 Å². The highest BCUT2D eigenvalue weighted by molar-refractivity contribution is 6.15. The predicted octanol–water partition coefficient (Wildman–Crippen LogP) is 2.94. The number of carbonyl (C=O) groups is 2. The van der Waals surface area contributed by atoms with Gasteiger partial charge in [-0.05, 0) is 24.0 Å². The van der Waals surface area contributed by atoms with Crippen molar-refractivity contribution >= 4 is 17.6 Å². The molecule has 0 saturated carbocycles. The van der Waals surface area contributed by atoms with Crippen LogP contribution in [0.3, 0.4) is 0 Å². The number of cyclic esters (lactones) is 2. The van der Waals surface area contributed by atoms with Gasteiger partial charge in [-0.25, -0.2) is 9.59 Å². The van der Waals surface area contributed by atoms with Crippen molar-refractivity contribution in [2.45, 2.75) is 46.3 Å². The van der Waals surface area contributed by atoms with E-state index in [1.807, 2.05) is 18.2 Å². The Morgan fingerprint density at radius 1 is 1.05 bits per heavy atom. The van der Waals surface area contributed by atoms with Crippen LogP contribution in [0.2, 0.25) is 0 Å². The zero-order chi connectivity index (χ0) is 16.3. The highest BCUT2D eigenvalue weighted by atomic mass is 16.7. The first kappa shape index (κ1) is 16.1. The van der Waals surface area contributed by atoms with Gasteiger partial charge in [0.05, 0.1) is 0 Å². The van der Waals surface area contributed by atoms with Gasteiger partial charge in [-0.15, -0.1) is 0 Å². The molecular weight excluding hydrogens is 282 g/mol. The normalized spacial score (nSPS) is 16.8. The standard InChI is InChI=1S/C17H21NO4/c1-5-11-8-7-9-12(6-2)14(11)18-10-13-15(19)21-17(3,4)22-16(13)20/h7-10,18H,5-6H2,1-4H3. The van der Waals surface area contributed by atoms with Crippen molar-refractivity contribution in [3.63, 3.8) is 0 Å². The molecule has 0 bridgehead atoms. The molecule has 1 saturated heterocycles. The average Bonchev–Trinajstić information content (AvgIpc) is 2.44. The van der Waals surface area contributed by atoms with Crippen molar-refractivity contribution in [1.29, 1.82) is 0 Å². The van der Waals surface area contributed by atoms with E-state index in [9.17, 15) is 9.59 Å². The average molecular weight is 303 g/mol. The smallest absolute Gasteiger partial charge is 0.350 e. The number of carbonyl (C=O) groups excluding carboxylic acids is 2. The summed E-state index contributed by atoms with van der Waals surface area (Å²) in [6, 6.07) is 6.03. The van der Waals surface area contributed by atoms with Crippen molar-refractivity contribution in [3.05, 3.63) is 41.1 Å². The maximum atomic E-state index is 11.9. The van der Waals surface area contributed by atoms with Crippen LogP contribution in [0.15, 0.2) is 30.0 Å². The molecule has 0 atom stereocenters. The molecule has 118 valence electrons. The summed E-state index contributed by atoms with van der Waals surface area (Å²) in [6.45, 7) is 7.15. The van der Waals surface area contributed by atoms with E-state index in [0.29, 0.717) is 0 Å². The third-order valence-corrected chi connectivity index (χ3v) is 3.48. The van der Waals surface area contributed by atoms with Gasteiger partial charge < -0.3 is 14.8 Å². The van der Waals surface area contributed by atoms with Crippen LogP contribution in [-0.2, 0) is 31.9 Å². The monoisotopic (exact) mass is 303 g/mol. The number of para-hydroxylation sites is 1. The van der Waals surface area contributed by atoms with Gasteiger partial charge in [0.25, 0.3) is 5.79 Å². The molecule has 0 amide bonds. The second-order valence-corrected chi connectivity index (χ2v) is 5.54. The number of aryl methyl sites for hydroxylation is 2. The summed E-state index contributed by atoms with van der Waals surface area (Å²) in [7, 11) is 0. The molecule has 0 aliphatic carbocycles. The van der Waals surface area contributed by atoms with E-state index in [1.165, 1.54) is 20.0 Å². The van der Waals surface area contributed by atoms with Crippen molar-refractivity contribution < 1.29 is 19.1 Å². The molecule has 5 nitrogen and oxygen atoms in total. The fourth-order valence-corrected chi connectivity index (χ4v) is 2.35. The minimum absolute atomic E-state index is 0.132. The van der Waals surface area contributed by atoms with Crippen LogP contribution < -0.4 is 5.32 Å². The van der Waals surface area contributed by atoms with Crippen LogP contribution in [0.5, 0.6) is 0 Å². The van der Waals surface area contributed by atoms with Crippen molar-refractivity contribution in [2.24, 2.45) is 0 Å². The number of nitrogens with one attached hydrogen (secondary N) is 1. The summed E-state index contributed by atoms with van der Waals surface area (Å²) in [5.74, 6) is -2.58. The molecule has 0 aromatic heterocycles. The number of esters is 2. The number of hydrogen-bond acceptors (Lipinski definition) is 5. The van der Waals surface area contributed by atoms with Gasteiger partial charge in [-0.2, -0.15) is 0 Å². The molecular formula is C17H21NO4. The summed E-state index contributed by atoms with van der Waals surface area (Å²) < 4.78 is 10.1. The predicted molar refractivity (Wildman–Crippen MR) is 83.2 cm³/mol. The molecule has 1 aliphatic heterocycles. The molecule has 2 rings (SSSR count). The lowest BCUT2D eigenvalue weighted by Crippen LogP contribution is -2.42. The second kappa shape index (κ2) is 6.22. The van der Waals surface area contributed by atoms with Gasteiger partial charge in [0, 0.05) is 25.7 Å². The van der Waals surface area contributed by atoms with Crippen LogP contribution >= 0.6 is 0 Å². The Balaban J connectivity index is 2.29. The maximum absolute atomic E-state index is 11.9. The summed E-state index contributed by atoms with van der Waals surface area (Å²) in [4.78, 5) is 23.8. The minimum atomic E-state index is -1.22. The topological polar surface area (TPSA) is 64.6 Å². The quantitative estimate of drug-likeness (QED) is 0.526. The lowest BCUT2D eigenvalue weighted by molar-refractivity contribution is -0.222. The fourth-order valence-electron chi connectivity index (χ4n) is 2.35. The van der Waals surface area contributed by atoms with Gasteiger partial charge in [0.2, 0.25) is 0 Å². The molecule has 0 radical (unpaired) electrons. The molecule has 1 aromatic carbocycles. The maximum Gasteiger partial charge on any atom is 0.350 e. The molecule has 1 aliphatic rings. The van der Waals surface area contributed by atoms with Gasteiger partial charge >= 0.3 is 11.9 Å². The molecule has 1 fully saturated rings. The Labute approximate surface area is 130 Å². The summed E-state index contributed by atoms with van der Waals surface area (Å²) in [6.07, 6.45) is 3.07. The molecule has 1 heterocycles. The van der Waals surface area contributed by atoms with E-state index in [4.69, 9.17) is 9.47 Å². The van der Waals surface area contributed by atoms with E-state index in [2.05, 4.69) is 19.2 Å². The molecule has 0 spiro atoms. The molecule has 22 heavy (non-hydrogen) atoms. The van der Waals surface area contributed by atoms with Gasteiger partial charge in [-0.1, -0.05) is 32.0 Å². The number of rotatable bonds is 4. The Morgan fingerprint density at radius 3 is 2.00 bits per heavy atom. The van der Waals surface area contributed by atoms with Crippen molar-refractivity contribution in [1.82, 2.24) is 0 Å². The zero-order valence-corrected chi connectivity index (χ0v) is 13.4. The van der Waals surface area contributed by atoms with E-state index in [-0.39, 0.29) is 5.57 Å². The molecule has 0 unspecified atom stereocenters. The van der Waals surface area contributed by atoms with Gasteiger partial charge in [0.1, 0.15) is 0 Å². The van der Waals surface area contributed by atoms with Crippen LogP contribution in [0.25, 0.3) is 0 Å². The highest BCUT2D eigenvalue weighted by Gasteiger charge is 2.38. The number of ether oxygens (including phenoxy) is 2. The second-order valence-electron chi connectivity index (χ2n) is 5.54. The number of benzene rings is 1. The fraction of sp³-hybridized carbons (Fsp3) is 0.412. The van der Waals surface area contributed by atoms with E-state index in [0.717, 1.165) is 29.7 Å². The van der Waals surface area contributed by atoms with Gasteiger partial charge in [-0.3, -0.25) is 0 Å². The van der Waals surface area contributed by atoms with E-state index >= 15 is 0 Å². The van der Waals surface area contributed by atoms with Crippen molar-refractivity contribution in [2.75, 3.05) is 5.32 Å². The van der Waals surface area contributed by atoms with E-state index in [1.54, 1.807) is 0 Å². The largest absolute Gasteiger partial charge is 0.419 e. The number of anilines is 1. The van der Waals surface area contributed by atoms with Gasteiger partial charge in [0.15, 0.2) is 5.57 Å². The Morgan fingerprint density at radius 2 is 1.55 bits per heavy atom. The van der Waals surface area contributed by atoms with Crippen molar-refractivity contribution in [3.8, 4) is 0 Å². The summed E-state index contributed by atoms with van der Waals surface area (Å²) >= 11 is 0. The third-order valence-electron chi connectivity index (χ3n) is 3.48. The lowest BCUT2D eigenvalue weighted by atomic mass is 10.0. The molecule has 5 heteroatoms. The number of hydrogen-bond donors (Lipinski definition) is 1. The molecule has 1 N–H and O–H groups in total. The Hall–Kier alpha value is -2.30. The SMILES string of the molecule is CCc1cccc(CC)c1NC=C1C(=O)OC(C)(C)OC1=O. The third kappa shape index (κ3) is 3.30. The lowest BCUT2D eigenvalue weighted by Gasteiger charge is -2.29. The van der Waals surface area contributed by atoms with Crippen LogP contribution in [0.1, 0.15) is 38.8 Å². The van der Waals surface area contributed by atoms with Crippen LogP contribution in [0, 0.1) is 0 Å². The minimum Gasteiger partial charge on any atom is -0.419 e.